The van der Waals surface area contributed by atoms with Gasteiger partial charge in [-0.3, -0.25) is 0 Å². The van der Waals surface area contributed by atoms with E-state index >= 15 is 0 Å². The molecule has 0 N–H and O–H groups in total. The maximum Gasteiger partial charge on any atom is -0.00247 e. The van der Waals surface area contributed by atoms with Gasteiger partial charge in [0.05, 0.1) is 0 Å². The van der Waals surface area contributed by atoms with Gasteiger partial charge in [0.2, 0.25) is 0 Å². The minimum absolute atomic E-state index is 0.876. The lowest BCUT2D eigenvalue weighted by molar-refractivity contribution is 0.254. The quantitative estimate of drug-likeness (QED) is 0.453. The topological polar surface area (TPSA) is 9.72 Å². The number of nitrogens with zero attached hydrogens (tertiary/aromatic N) is 3. The van der Waals surface area contributed by atoms with Gasteiger partial charge in [0.1, 0.15) is 0 Å². The maximum absolute atomic E-state index is 2.49. The molecule has 0 saturated heterocycles. The molecule has 0 aliphatic heterocycles. The van der Waals surface area contributed by atoms with E-state index in [0.29, 0.717) is 0 Å². The summed E-state index contributed by atoms with van der Waals surface area (Å²) >= 11 is 0. The monoisotopic (exact) mass is 313 g/mol. The second-order valence-electron chi connectivity index (χ2n) is 7.93. The molecular weight excluding hydrogens is 270 g/mol. The number of hydrogen-bond acceptors (Lipinski definition) is 3. The Kier molecular flexibility index (Phi) is 13.3. The lowest BCUT2D eigenvalue weighted by Crippen LogP contribution is -2.19. The SMILES string of the molecule is CC(CCCN(C)C)C(CCCCN(C)C)CCCN(C)C. The van der Waals surface area contributed by atoms with Gasteiger partial charge in [-0.25, -0.2) is 0 Å². The highest BCUT2D eigenvalue weighted by Crippen LogP contribution is 2.27. The molecule has 22 heavy (non-hydrogen) atoms. The molecule has 2 unspecified atom stereocenters. The Labute approximate surface area is 141 Å². The van der Waals surface area contributed by atoms with Gasteiger partial charge in [0.25, 0.3) is 0 Å². The molecule has 0 amide bonds. The van der Waals surface area contributed by atoms with Crippen molar-refractivity contribution in [1.82, 2.24) is 14.7 Å². The van der Waals surface area contributed by atoms with Crippen LogP contribution in [0.3, 0.4) is 0 Å². The van der Waals surface area contributed by atoms with Crippen LogP contribution in [0, 0.1) is 11.8 Å². The molecule has 0 aromatic carbocycles. The average molecular weight is 314 g/mol. The third-order valence-corrected chi connectivity index (χ3v) is 4.68. The molecule has 3 nitrogen and oxygen atoms in total. The molecule has 2 atom stereocenters. The fourth-order valence-corrected chi connectivity index (χ4v) is 3.18. The summed E-state index contributed by atoms with van der Waals surface area (Å²) in [6.45, 7) is 6.19. The van der Waals surface area contributed by atoms with Gasteiger partial charge < -0.3 is 14.7 Å². The first-order valence-electron chi connectivity index (χ1n) is 9.27. The minimum Gasteiger partial charge on any atom is -0.309 e. The first kappa shape index (κ1) is 21.9. The lowest BCUT2D eigenvalue weighted by atomic mass is 9.83. The van der Waals surface area contributed by atoms with Crippen LogP contribution in [0.5, 0.6) is 0 Å². The molecule has 0 aliphatic rings. The zero-order chi connectivity index (χ0) is 17.0. The highest BCUT2D eigenvalue weighted by Gasteiger charge is 2.17. The van der Waals surface area contributed by atoms with E-state index in [2.05, 4.69) is 63.9 Å². The van der Waals surface area contributed by atoms with Crippen molar-refractivity contribution in [2.24, 2.45) is 11.8 Å². The third kappa shape index (κ3) is 13.5. The highest BCUT2D eigenvalue weighted by molar-refractivity contribution is 4.69. The van der Waals surface area contributed by atoms with Crippen molar-refractivity contribution in [2.75, 3.05) is 61.9 Å². The van der Waals surface area contributed by atoms with E-state index in [9.17, 15) is 0 Å². The second kappa shape index (κ2) is 13.3. The third-order valence-electron chi connectivity index (χ3n) is 4.68. The highest BCUT2D eigenvalue weighted by atomic mass is 15.1. The van der Waals surface area contributed by atoms with E-state index in [0.717, 1.165) is 11.8 Å². The summed E-state index contributed by atoms with van der Waals surface area (Å²) in [5.41, 5.74) is 0. The Bertz CT molecular complexity index is 239. The van der Waals surface area contributed by atoms with Gasteiger partial charge >= 0.3 is 0 Å². The summed E-state index contributed by atoms with van der Waals surface area (Å²) in [4.78, 5) is 6.94. The van der Waals surface area contributed by atoms with Gasteiger partial charge in [-0.2, -0.15) is 0 Å². The van der Waals surface area contributed by atoms with Gasteiger partial charge in [-0.15, -0.1) is 0 Å². The van der Waals surface area contributed by atoms with E-state index < -0.39 is 0 Å². The molecule has 0 aromatic rings. The molecule has 0 aliphatic carbocycles. The molecule has 0 heterocycles. The van der Waals surface area contributed by atoms with Crippen LogP contribution in [0.1, 0.15) is 51.9 Å². The Morgan fingerprint density at radius 3 is 1.45 bits per heavy atom. The van der Waals surface area contributed by atoms with Crippen LogP contribution in [0.25, 0.3) is 0 Å². The maximum atomic E-state index is 2.49. The predicted octanol–water partition coefficient (Wildman–Crippen LogP) is 3.65. The van der Waals surface area contributed by atoms with Crippen molar-refractivity contribution in [1.29, 1.82) is 0 Å². The predicted molar refractivity (Wildman–Crippen MR) is 101 cm³/mol. The smallest absolute Gasteiger partial charge is 0.00247 e. The van der Waals surface area contributed by atoms with Crippen LogP contribution in [-0.2, 0) is 0 Å². The molecule has 0 aromatic heterocycles. The van der Waals surface area contributed by atoms with Crippen molar-refractivity contribution < 1.29 is 0 Å². The van der Waals surface area contributed by atoms with Crippen molar-refractivity contribution in [2.45, 2.75) is 51.9 Å². The number of unbranched alkanes of at least 4 members (excludes halogenated alkanes) is 1. The zero-order valence-corrected chi connectivity index (χ0v) is 16.6. The summed E-state index contributed by atoms with van der Waals surface area (Å²) in [6, 6.07) is 0. The van der Waals surface area contributed by atoms with Crippen molar-refractivity contribution in [3.8, 4) is 0 Å². The fraction of sp³-hybridized carbons (Fsp3) is 1.00. The lowest BCUT2D eigenvalue weighted by Gasteiger charge is -2.25. The summed E-state index contributed by atoms with van der Waals surface area (Å²) < 4.78 is 0. The molecule has 3 heteroatoms. The number of hydrogen-bond donors (Lipinski definition) is 0. The zero-order valence-electron chi connectivity index (χ0n) is 16.6. The molecule has 0 spiro atoms. The summed E-state index contributed by atoms with van der Waals surface area (Å²) in [5.74, 6) is 1.80. The second-order valence-corrected chi connectivity index (χ2v) is 7.93. The van der Waals surface area contributed by atoms with Gasteiger partial charge in [-0.1, -0.05) is 19.8 Å². The normalized spacial score (nSPS) is 15.0. The van der Waals surface area contributed by atoms with E-state index in [-0.39, 0.29) is 0 Å². The molecule has 0 rings (SSSR count). The standard InChI is InChI=1S/C19H43N3/c1-18(12-10-16-21(4)5)19(14-11-17-22(6)7)13-8-9-15-20(2)3/h18-19H,8-17H2,1-7H3. The van der Waals surface area contributed by atoms with Crippen LogP contribution in [-0.4, -0.2) is 76.6 Å². The van der Waals surface area contributed by atoms with E-state index in [1.54, 1.807) is 0 Å². The Balaban J connectivity index is 4.12. The molecule has 0 saturated carbocycles. The largest absolute Gasteiger partial charge is 0.309 e. The first-order valence-corrected chi connectivity index (χ1v) is 9.27. The Morgan fingerprint density at radius 2 is 0.955 bits per heavy atom. The average Bonchev–Trinajstić information content (AvgIpc) is 2.40. The Hall–Kier alpha value is -0.120. The van der Waals surface area contributed by atoms with Crippen LogP contribution < -0.4 is 0 Å². The fourth-order valence-electron chi connectivity index (χ4n) is 3.18. The van der Waals surface area contributed by atoms with Crippen LogP contribution in [0.4, 0.5) is 0 Å². The van der Waals surface area contributed by atoms with Crippen LogP contribution >= 0.6 is 0 Å². The van der Waals surface area contributed by atoms with E-state index in [1.165, 1.54) is 64.6 Å². The van der Waals surface area contributed by atoms with Crippen molar-refractivity contribution >= 4 is 0 Å². The summed E-state index contributed by atoms with van der Waals surface area (Å²) in [5, 5.41) is 0. The summed E-state index contributed by atoms with van der Waals surface area (Å²) in [6.07, 6.45) is 9.65. The van der Waals surface area contributed by atoms with Crippen LogP contribution in [0.15, 0.2) is 0 Å². The van der Waals surface area contributed by atoms with Gasteiger partial charge in [0.15, 0.2) is 0 Å². The molecule has 0 fully saturated rings. The first-order chi connectivity index (χ1) is 10.3. The molecule has 134 valence electrons. The van der Waals surface area contributed by atoms with Crippen LogP contribution in [0.2, 0.25) is 0 Å². The molecular formula is C19H43N3. The van der Waals surface area contributed by atoms with Gasteiger partial charge in [-0.05, 0) is 106 Å². The van der Waals surface area contributed by atoms with Crippen molar-refractivity contribution in [3.63, 3.8) is 0 Å². The van der Waals surface area contributed by atoms with Crippen molar-refractivity contribution in [3.05, 3.63) is 0 Å². The van der Waals surface area contributed by atoms with E-state index in [4.69, 9.17) is 0 Å². The summed E-state index contributed by atoms with van der Waals surface area (Å²) in [7, 11) is 13.1. The Morgan fingerprint density at radius 1 is 0.545 bits per heavy atom. The van der Waals surface area contributed by atoms with Gasteiger partial charge in [0, 0.05) is 0 Å². The molecule has 0 bridgehead atoms. The number of rotatable bonds is 14. The van der Waals surface area contributed by atoms with E-state index in [1.807, 2.05) is 0 Å². The molecule has 0 radical (unpaired) electrons. The minimum atomic E-state index is 0.876.